The number of carbonyl (C=O) groups is 2. The van der Waals surface area contributed by atoms with Crippen LogP contribution in [-0.2, 0) is 9.59 Å². The van der Waals surface area contributed by atoms with Gasteiger partial charge in [0.1, 0.15) is 5.76 Å². The molecule has 0 spiro atoms. The summed E-state index contributed by atoms with van der Waals surface area (Å²) in [6.07, 6.45) is 1.53. The molecular formula is C21H29N3O3. The van der Waals surface area contributed by atoms with Crippen LogP contribution in [0.15, 0.2) is 40.9 Å². The lowest BCUT2D eigenvalue weighted by Gasteiger charge is -2.27. The summed E-state index contributed by atoms with van der Waals surface area (Å²) in [5, 5.41) is 6.47. The summed E-state index contributed by atoms with van der Waals surface area (Å²) in [6.45, 7) is 8.51. The Morgan fingerprint density at radius 3 is 2.48 bits per heavy atom. The molecule has 0 fully saturated rings. The highest BCUT2D eigenvalue weighted by Gasteiger charge is 2.26. The number of benzene rings is 1. The smallest absolute Gasteiger partial charge is 0.245 e. The number of carbonyl (C=O) groups excluding carboxylic acids is 2. The average Bonchev–Trinajstić information content (AvgIpc) is 3.04. The highest BCUT2D eigenvalue weighted by molar-refractivity contribution is 5.95. The quantitative estimate of drug-likeness (QED) is 0.723. The minimum atomic E-state index is -0.275. The fraction of sp³-hybridized carbons (Fsp3) is 0.476. The molecule has 0 saturated carbocycles. The molecular weight excluding hydrogens is 342 g/mol. The third-order valence-electron chi connectivity index (χ3n) is 4.43. The predicted octanol–water partition coefficient (Wildman–Crippen LogP) is 3.99. The van der Waals surface area contributed by atoms with E-state index in [1.54, 1.807) is 17.9 Å². The number of hydrogen-bond acceptors (Lipinski definition) is 4. The van der Waals surface area contributed by atoms with Crippen LogP contribution < -0.4 is 5.32 Å². The molecule has 1 N–H and O–H groups in total. The molecule has 0 aliphatic carbocycles. The van der Waals surface area contributed by atoms with Crippen molar-refractivity contribution in [1.82, 2.24) is 10.1 Å². The zero-order chi connectivity index (χ0) is 19.8. The highest BCUT2D eigenvalue weighted by Crippen LogP contribution is 2.22. The maximum Gasteiger partial charge on any atom is 0.245 e. The monoisotopic (exact) mass is 371 g/mol. The van der Waals surface area contributed by atoms with Gasteiger partial charge in [-0.25, -0.2) is 0 Å². The molecule has 6 nitrogen and oxygen atoms in total. The summed E-state index contributed by atoms with van der Waals surface area (Å²) < 4.78 is 4.96. The van der Waals surface area contributed by atoms with Crippen LogP contribution in [0.5, 0.6) is 0 Å². The van der Waals surface area contributed by atoms with E-state index >= 15 is 0 Å². The molecule has 2 aromatic rings. The lowest BCUT2D eigenvalue weighted by Crippen LogP contribution is -2.41. The number of nitrogens with one attached hydrogen (secondary N) is 1. The molecule has 0 aliphatic rings. The van der Waals surface area contributed by atoms with Gasteiger partial charge >= 0.3 is 0 Å². The Balaban J connectivity index is 2.11. The first-order valence-electron chi connectivity index (χ1n) is 9.47. The summed E-state index contributed by atoms with van der Waals surface area (Å²) in [6, 6.07) is 11.4. The molecule has 27 heavy (non-hydrogen) atoms. The molecule has 146 valence electrons. The first-order chi connectivity index (χ1) is 12.9. The average molecular weight is 371 g/mol. The Morgan fingerprint density at radius 2 is 1.93 bits per heavy atom. The molecule has 1 unspecified atom stereocenters. The van der Waals surface area contributed by atoms with Gasteiger partial charge in [-0.15, -0.1) is 0 Å². The van der Waals surface area contributed by atoms with Gasteiger partial charge in [0.2, 0.25) is 11.8 Å². The van der Waals surface area contributed by atoms with E-state index < -0.39 is 0 Å². The van der Waals surface area contributed by atoms with Crippen molar-refractivity contribution in [2.45, 2.75) is 46.5 Å². The number of amides is 2. The second-order valence-electron chi connectivity index (χ2n) is 7.18. The summed E-state index contributed by atoms with van der Waals surface area (Å²) in [7, 11) is 0. The zero-order valence-electron chi connectivity index (χ0n) is 16.6. The van der Waals surface area contributed by atoms with E-state index in [-0.39, 0.29) is 24.3 Å². The third-order valence-corrected chi connectivity index (χ3v) is 4.43. The van der Waals surface area contributed by atoms with E-state index in [9.17, 15) is 9.59 Å². The zero-order valence-corrected chi connectivity index (χ0v) is 16.6. The van der Waals surface area contributed by atoms with Crippen LogP contribution in [-0.4, -0.2) is 35.0 Å². The number of aryl methyl sites for hydroxylation is 1. The van der Waals surface area contributed by atoms with Crippen molar-refractivity contribution in [1.29, 1.82) is 0 Å². The van der Waals surface area contributed by atoms with Crippen molar-refractivity contribution in [2.75, 3.05) is 18.4 Å². The Kier molecular flexibility index (Phi) is 7.58. The van der Waals surface area contributed by atoms with Crippen molar-refractivity contribution >= 4 is 17.6 Å². The molecule has 1 atom stereocenters. The van der Waals surface area contributed by atoms with E-state index in [0.717, 1.165) is 12.0 Å². The minimum Gasteiger partial charge on any atom is -0.360 e. The predicted molar refractivity (Wildman–Crippen MR) is 105 cm³/mol. The van der Waals surface area contributed by atoms with Crippen LogP contribution in [0.25, 0.3) is 0 Å². The first kappa shape index (κ1) is 20.7. The van der Waals surface area contributed by atoms with Crippen LogP contribution in [0.1, 0.15) is 50.9 Å². The van der Waals surface area contributed by atoms with E-state index in [1.807, 2.05) is 37.3 Å². The minimum absolute atomic E-state index is 0.000788. The highest BCUT2D eigenvalue weighted by atomic mass is 16.5. The Bertz CT molecular complexity index is 740. The molecule has 1 heterocycles. The number of aromatic nitrogens is 1. The molecule has 1 aromatic carbocycles. The second-order valence-corrected chi connectivity index (χ2v) is 7.18. The first-order valence-corrected chi connectivity index (χ1v) is 9.47. The van der Waals surface area contributed by atoms with Crippen molar-refractivity contribution < 1.29 is 14.1 Å². The third kappa shape index (κ3) is 6.24. The second kappa shape index (κ2) is 9.90. The van der Waals surface area contributed by atoms with E-state index in [0.29, 0.717) is 30.5 Å². The lowest BCUT2D eigenvalue weighted by atomic mass is 9.94. The Morgan fingerprint density at radius 1 is 1.22 bits per heavy atom. The van der Waals surface area contributed by atoms with Crippen LogP contribution >= 0.6 is 0 Å². The summed E-state index contributed by atoms with van der Waals surface area (Å²) in [4.78, 5) is 27.3. The molecule has 0 radical (unpaired) electrons. The SMILES string of the molecule is CCC(C(=O)N(CCC(C)C)CC(=O)Nc1cc(C)on1)c1ccccc1. The van der Waals surface area contributed by atoms with Gasteiger partial charge in [-0.3, -0.25) is 9.59 Å². The maximum atomic E-state index is 13.2. The van der Waals surface area contributed by atoms with Gasteiger partial charge < -0.3 is 14.7 Å². The number of hydrogen-bond donors (Lipinski definition) is 1. The Labute approximate surface area is 160 Å². The van der Waals surface area contributed by atoms with Gasteiger partial charge in [-0.2, -0.15) is 0 Å². The lowest BCUT2D eigenvalue weighted by molar-refractivity contribution is -0.136. The van der Waals surface area contributed by atoms with Crippen LogP contribution in [0.4, 0.5) is 5.82 Å². The van der Waals surface area contributed by atoms with Crippen molar-refractivity contribution in [3.8, 4) is 0 Å². The molecule has 0 aliphatic heterocycles. The normalized spacial score (nSPS) is 12.0. The largest absolute Gasteiger partial charge is 0.360 e. The van der Waals surface area contributed by atoms with Crippen LogP contribution in [0.3, 0.4) is 0 Å². The van der Waals surface area contributed by atoms with Gasteiger partial charge in [0, 0.05) is 12.6 Å². The Hall–Kier alpha value is -2.63. The van der Waals surface area contributed by atoms with Crippen molar-refractivity contribution in [3.63, 3.8) is 0 Å². The van der Waals surface area contributed by atoms with Crippen molar-refractivity contribution in [3.05, 3.63) is 47.7 Å². The fourth-order valence-corrected chi connectivity index (χ4v) is 2.92. The number of nitrogens with zero attached hydrogens (tertiary/aromatic N) is 2. The molecule has 0 saturated heterocycles. The topological polar surface area (TPSA) is 75.4 Å². The van der Waals surface area contributed by atoms with Gasteiger partial charge in [-0.05, 0) is 31.2 Å². The standard InChI is InChI=1S/C21H29N3O3/c1-5-18(17-9-7-6-8-10-17)21(26)24(12-11-15(2)3)14-20(25)22-19-13-16(4)27-23-19/h6-10,13,15,18H,5,11-12,14H2,1-4H3,(H,22,23,25). The van der Waals surface area contributed by atoms with Gasteiger partial charge in [0.15, 0.2) is 5.82 Å². The molecule has 1 aromatic heterocycles. The summed E-state index contributed by atoms with van der Waals surface area (Å²) in [5.74, 6) is 0.884. The molecule has 0 bridgehead atoms. The maximum absolute atomic E-state index is 13.2. The summed E-state index contributed by atoms with van der Waals surface area (Å²) >= 11 is 0. The molecule has 6 heteroatoms. The number of anilines is 1. The van der Waals surface area contributed by atoms with E-state index in [1.165, 1.54) is 0 Å². The fourth-order valence-electron chi connectivity index (χ4n) is 2.92. The summed E-state index contributed by atoms with van der Waals surface area (Å²) in [5.41, 5.74) is 0.979. The van der Waals surface area contributed by atoms with E-state index in [4.69, 9.17) is 4.52 Å². The van der Waals surface area contributed by atoms with Crippen LogP contribution in [0, 0.1) is 12.8 Å². The van der Waals surface area contributed by atoms with Crippen molar-refractivity contribution in [2.24, 2.45) is 5.92 Å². The van der Waals surface area contributed by atoms with Gasteiger partial charge in [0.25, 0.3) is 0 Å². The van der Waals surface area contributed by atoms with Gasteiger partial charge in [-0.1, -0.05) is 56.3 Å². The molecule has 2 amide bonds. The molecule has 2 rings (SSSR count). The van der Waals surface area contributed by atoms with Gasteiger partial charge in [0.05, 0.1) is 12.5 Å². The van der Waals surface area contributed by atoms with Crippen LogP contribution in [0.2, 0.25) is 0 Å². The van der Waals surface area contributed by atoms with E-state index in [2.05, 4.69) is 24.3 Å². The number of rotatable bonds is 9.